The zero-order chi connectivity index (χ0) is 11.3. The largest absolute Gasteiger partial charge is 0.494 e. The minimum Gasteiger partial charge on any atom is -0.494 e. The van der Waals surface area contributed by atoms with Crippen LogP contribution in [0.4, 0.5) is 4.39 Å². The van der Waals surface area contributed by atoms with Crippen molar-refractivity contribution in [3.05, 3.63) is 29.6 Å². The summed E-state index contributed by atoms with van der Waals surface area (Å²) in [6.07, 6.45) is 0.707. The van der Waals surface area contributed by atoms with E-state index in [0.717, 1.165) is 6.42 Å². The second kappa shape index (κ2) is 5.71. The Bertz CT molecular complexity index is 310. The zero-order valence-electron chi connectivity index (χ0n) is 9.16. The number of ether oxygens (including phenoxy) is 1. The monoisotopic (exact) mass is 212 g/mol. The maximum absolute atomic E-state index is 13.4. The molecule has 1 aromatic carbocycles. The first-order valence-corrected chi connectivity index (χ1v) is 5.22. The molecule has 1 aromatic rings. The molecule has 0 heterocycles. The van der Waals surface area contributed by atoms with E-state index in [1.54, 1.807) is 19.1 Å². The summed E-state index contributed by atoms with van der Waals surface area (Å²) in [4.78, 5) is 0. The Morgan fingerprint density at radius 2 is 2.20 bits per heavy atom. The fourth-order valence-electron chi connectivity index (χ4n) is 1.32. The number of aliphatic hydroxyl groups is 1. The van der Waals surface area contributed by atoms with E-state index in [9.17, 15) is 4.39 Å². The van der Waals surface area contributed by atoms with Crippen molar-refractivity contribution >= 4 is 0 Å². The molecule has 0 radical (unpaired) electrons. The highest BCUT2D eigenvalue weighted by Gasteiger charge is 2.06. The normalized spacial score (nSPS) is 12.5. The van der Waals surface area contributed by atoms with Gasteiger partial charge in [-0.25, -0.2) is 4.39 Å². The zero-order valence-corrected chi connectivity index (χ0v) is 9.16. The van der Waals surface area contributed by atoms with Gasteiger partial charge in [-0.05, 0) is 25.0 Å². The van der Waals surface area contributed by atoms with Crippen LogP contribution in [0.5, 0.6) is 5.75 Å². The molecule has 0 aliphatic heterocycles. The first kappa shape index (κ1) is 12.0. The van der Waals surface area contributed by atoms with Gasteiger partial charge < -0.3 is 9.84 Å². The first-order chi connectivity index (χ1) is 7.13. The van der Waals surface area contributed by atoms with Crippen LogP contribution in [-0.2, 0) is 6.42 Å². The summed E-state index contributed by atoms with van der Waals surface area (Å²) >= 11 is 0. The smallest absolute Gasteiger partial charge is 0.130 e. The standard InChI is InChI=1S/C12H17FO2/c1-3-6-15-11-5-4-10(7-9(2)14)12(13)8-11/h4-5,8-9,14H,3,6-7H2,1-2H3. The van der Waals surface area contributed by atoms with Gasteiger partial charge >= 0.3 is 0 Å². The van der Waals surface area contributed by atoms with Crippen molar-refractivity contribution < 1.29 is 14.2 Å². The second-order valence-electron chi connectivity index (χ2n) is 3.65. The minimum absolute atomic E-state index is 0.315. The lowest BCUT2D eigenvalue weighted by Gasteiger charge is -2.08. The number of aliphatic hydroxyl groups excluding tert-OH is 1. The maximum atomic E-state index is 13.4. The Morgan fingerprint density at radius 1 is 1.47 bits per heavy atom. The van der Waals surface area contributed by atoms with Gasteiger partial charge in [-0.1, -0.05) is 13.0 Å². The molecule has 0 aliphatic rings. The van der Waals surface area contributed by atoms with E-state index in [4.69, 9.17) is 9.84 Å². The molecule has 15 heavy (non-hydrogen) atoms. The predicted molar refractivity (Wildman–Crippen MR) is 57.6 cm³/mol. The Hall–Kier alpha value is -1.09. The molecule has 1 atom stereocenters. The van der Waals surface area contributed by atoms with Gasteiger partial charge in [0.25, 0.3) is 0 Å². The van der Waals surface area contributed by atoms with Crippen LogP contribution >= 0.6 is 0 Å². The third-order valence-corrected chi connectivity index (χ3v) is 2.01. The van der Waals surface area contributed by atoms with E-state index in [1.165, 1.54) is 6.07 Å². The molecule has 0 saturated heterocycles. The molecule has 2 nitrogen and oxygen atoms in total. The number of benzene rings is 1. The van der Waals surface area contributed by atoms with Crippen molar-refractivity contribution in [3.63, 3.8) is 0 Å². The molecule has 84 valence electrons. The Kier molecular flexibility index (Phi) is 4.56. The van der Waals surface area contributed by atoms with E-state index in [0.29, 0.717) is 24.3 Å². The van der Waals surface area contributed by atoms with Gasteiger partial charge in [0.05, 0.1) is 12.7 Å². The minimum atomic E-state index is -0.526. The lowest BCUT2D eigenvalue weighted by molar-refractivity contribution is 0.194. The molecular weight excluding hydrogens is 195 g/mol. The number of rotatable bonds is 5. The molecular formula is C12H17FO2. The van der Waals surface area contributed by atoms with Crippen LogP contribution in [0.25, 0.3) is 0 Å². The molecule has 0 aromatic heterocycles. The van der Waals surface area contributed by atoms with Crippen molar-refractivity contribution in [1.82, 2.24) is 0 Å². The van der Waals surface area contributed by atoms with E-state index >= 15 is 0 Å². The van der Waals surface area contributed by atoms with E-state index in [1.807, 2.05) is 6.92 Å². The third kappa shape index (κ3) is 3.88. The summed E-state index contributed by atoms with van der Waals surface area (Å²) in [5.74, 6) is 0.230. The fourth-order valence-corrected chi connectivity index (χ4v) is 1.32. The maximum Gasteiger partial charge on any atom is 0.130 e. The van der Waals surface area contributed by atoms with E-state index < -0.39 is 6.10 Å². The van der Waals surface area contributed by atoms with Crippen LogP contribution < -0.4 is 4.74 Å². The average molecular weight is 212 g/mol. The summed E-state index contributed by atoms with van der Waals surface area (Å²) in [6, 6.07) is 4.76. The molecule has 0 bridgehead atoms. The highest BCUT2D eigenvalue weighted by molar-refractivity contribution is 5.29. The molecule has 3 heteroatoms. The van der Waals surface area contributed by atoms with E-state index in [2.05, 4.69) is 0 Å². The molecule has 0 spiro atoms. The SMILES string of the molecule is CCCOc1ccc(CC(C)O)c(F)c1. The van der Waals surface area contributed by atoms with Crippen LogP contribution in [0, 0.1) is 5.82 Å². The van der Waals surface area contributed by atoms with Gasteiger partial charge in [0, 0.05) is 12.5 Å². The van der Waals surface area contributed by atoms with Crippen LogP contribution in [0.2, 0.25) is 0 Å². The average Bonchev–Trinajstić information content (AvgIpc) is 2.18. The predicted octanol–water partition coefficient (Wildman–Crippen LogP) is 2.54. The Labute approximate surface area is 89.7 Å². The Morgan fingerprint density at radius 3 is 2.73 bits per heavy atom. The summed E-state index contributed by atoms with van der Waals surface area (Å²) in [5, 5.41) is 9.14. The van der Waals surface area contributed by atoms with Crippen molar-refractivity contribution in [2.24, 2.45) is 0 Å². The summed E-state index contributed by atoms with van der Waals surface area (Å²) < 4.78 is 18.7. The quantitative estimate of drug-likeness (QED) is 0.812. The molecule has 0 fully saturated rings. The van der Waals surface area contributed by atoms with Gasteiger partial charge in [-0.2, -0.15) is 0 Å². The van der Waals surface area contributed by atoms with Crippen molar-refractivity contribution in [2.45, 2.75) is 32.8 Å². The van der Waals surface area contributed by atoms with Crippen molar-refractivity contribution in [2.75, 3.05) is 6.61 Å². The molecule has 1 N–H and O–H groups in total. The molecule has 0 amide bonds. The number of hydrogen-bond donors (Lipinski definition) is 1. The molecule has 0 saturated carbocycles. The summed E-state index contributed by atoms with van der Waals surface area (Å²) in [5.41, 5.74) is 0.522. The van der Waals surface area contributed by atoms with Gasteiger partial charge in [0.15, 0.2) is 0 Å². The number of hydrogen-bond acceptors (Lipinski definition) is 2. The fraction of sp³-hybridized carbons (Fsp3) is 0.500. The number of halogens is 1. The van der Waals surface area contributed by atoms with Crippen LogP contribution in [0.1, 0.15) is 25.8 Å². The van der Waals surface area contributed by atoms with Crippen molar-refractivity contribution in [3.8, 4) is 5.75 Å². The molecule has 1 rings (SSSR count). The lowest BCUT2D eigenvalue weighted by atomic mass is 10.1. The summed E-state index contributed by atoms with van der Waals surface area (Å²) in [7, 11) is 0. The van der Waals surface area contributed by atoms with Gasteiger partial charge in [-0.15, -0.1) is 0 Å². The lowest BCUT2D eigenvalue weighted by Crippen LogP contribution is -2.06. The molecule has 1 unspecified atom stereocenters. The first-order valence-electron chi connectivity index (χ1n) is 5.22. The van der Waals surface area contributed by atoms with E-state index in [-0.39, 0.29) is 5.82 Å². The van der Waals surface area contributed by atoms with Crippen molar-refractivity contribution in [1.29, 1.82) is 0 Å². The highest BCUT2D eigenvalue weighted by Crippen LogP contribution is 2.18. The molecule has 0 aliphatic carbocycles. The third-order valence-electron chi connectivity index (χ3n) is 2.01. The van der Waals surface area contributed by atoms with Gasteiger partial charge in [0.2, 0.25) is 0 Å². The second-order valence-corrected chi connectivity index (χ2v) is 3.65. The highest BCUT2D eigenvalue weighted by atomic mass is 19.1. The van der Waals surface area contributed by atoms with Crippen LogP contribution in [0.15, 0.2) is 18.2 Å². The van der Waals surface area contributed by atoms with Gasteiger partial charge in [-0.3, -0.25) is 0 Å². The summed E-state index contributed by atoms with van der Waals surface area (Å²) in [6.45, 7) is 4.23. The Balaban J connectivity index is 2.70. The topological polar surface area (TPSA) is 29.5 Å². The van der Waals surface area contributed by atoms with Gasteiger partial charge in [0.1, 0.15) is 11.6 Å². The van der Waals surface area contributed by atoms with Crippen LogP contribution in [-0.4, -0.2) is 17.8 Å². The van der Waals surface area contributed by atoms with Crippen LogP contribution in [0.3, 0.4) is 0 Å².